The summed E-state index contributed by atoms with van der Waals surface area (Å²) in [5.41, 5.74) is 15.9. The van der Waals surface area contributed by atoms with E-state index in [1.165, 1.54) is 97.4 Å². The van der Waals surface area contributed by atoms with Crippen LogP contribution < -0.4 is 4.90 Å². The zero-order chi connectivity index (χ0) is 40.7. The van der Waals surface area contributed by atoms with Crippen molar-refractivity contribution in [3.8, 4) is 44.5 Å². The molecule has 1 aromatic heterocycles. The Hall–Kier alpha value is -7.26. The highest BCUT2D eigenvalue weighted by molar-refractivity contribution is 7.26. The number of thiophene rings is 1. The zero-order valence-corrected chi connectivity index (χ0v) is 34.9. The Bertz CT molecular complexity index is 3500. The summed E-state index contributed by atoms with van der Waals surface area (Å²) in [7, 11) is 0. The predicted molar refractivity (Wildman–Crippen MR) is 263 cm³/mol. The third-order valence-electron chi connectivity index (χ3n) is 13.1. The number of nitrogens with zero attached hydrogens (tertiary/aromatic N) is 1. The first kappa shape index (κ1) is 35.7. The van der Waals surface area contributed by atoms with Crippen LogP contribution in [0.3, 0.4) is 0 Å². The van der Waals surface area contributed by atoms with Gasteiger partial charge in [0.15, 0.2) is 0 Å². The number of benzene rings is 10. The van der Waals surface area contributed by atoms with Crippen LogP contribution in [-0.4, -0.2) is 0 Å². The van der Waals surface area contributed by atoms with E-state index in [0.29, 0.717) is 0 Å². The Morgan fingerprint density at radius 2 is 0.984 bits per heavy atom. The van der Waals surface area contributed by atoms with Crippen LogP contribution in [0.2, 0.25) is 0 Å². The van der Waals surface area contributed by atoms with Crippen molar-refractivity contribution < 1.29 is 0 Å². The van der Waals surface area contributed by atoms with Crippen molar-refractivity contribution >= 4 is 70.1 Å². The summed E-state index contributed by atoms with van der Waals surface area (Å²) in [5.74, 6) is 0. The standard InChI is InChI=1S/C59H41NS/c1-59(2)53-27-12-10-22-46(53)47-35-34-42(37-54(47)59)60(41-32-30-39(31-33-41)38-16-4-3-5-17-38)55-28-15-24-49(51-26-14-25-50-48-23-11-13-29-56(48)61-58(50)51)57(55)52-36-40-18-6-7-19-43(40)44-20-8-9-21-45(44)52/h3-37H,1-2H3. The smallest absolute Gasteiger partial charge is 0.0546 e. The largest absolute Gasteiger partial charge is 0.310 e. The minimum absolute atomic E-state index is 0.152. The lowest BCUT2D eigenvalue weighted by atomic mass is 9.82. The average Bonchev–Trinajstić information content (AvgIpc) is 3.81. The summed E-state index contributed by atoms with van der Waals surface area (Å²) in [5, 5.41) is 7.59. The highest BCUT2D eigenvalue weighted by atomic mass is 32.1. The van der Waals surface area contributed by atoms with E-state index in [9.17, 15) is 0 Å². The van der Waals surface area contributed by atoms with E-state index in [-0.39, 0.29) is 5.41 Å². The van der Waals surface area contributed by atoms with Gasteiger partial charge in [0.05, 0.1) is 5.69 Å². The number of hydrogen-bond acceptors (Lipinski definition) is 2. The lowest BCUT2D eigenvalue weighted by molar-refractivity contribution is 0.660. The van der Waals surface area contributed by atoms with Crippen molar-refractivity contribution in [3.63, 3.8) is 0 Å². The molecule has 0 aliphatic heterocycles. The molecular weight excluding hydrogens is 755 g/mol. The Morgan fingerprint density at radius 1 is 0.377 bits per heavy atom. The number of fused-ring (bicyclic) bond motifs is 9. The van der Waals surface area contributed by atoms with E-state index in [1.54, 1.807) is 0 Å². The van der Waals surface area contributed by atoms with Gasteiger partial charge in [-0.15, -0.1) is 11.3 Å². The third kappa shape index (κ3) is 5.60. The molecule has 10 aromatic carbocycles. The average molecular weight is 796 g/mol. The van der Waals surface area contributed by atoms with Crippen LogP contribution in [0.5, 0.6) is 0 Å². The molecule has 0 radical (unpaired) electrons. The first-order valence-corrected chi connectivity index (χ1v) is 22.0. The van der Waals surface area contributed by atoms with Gasteiger partial charge in [0.25, 0.3) is 0 Å². The molecular formula is C59H41NS. The summed E-state index contributed by atoms with van der Waals surface area (Å²) >= 11 is 1.89. The minimum atomic E-state index is -0.152. The molecule has 0 unspecified atom stereocenters. The van der Waals surface area contributed by atoms with Gasteiger partial charge in [-0.3, -0.25) is 0 Å². The molecule has 0 saturated carbocycles. The molecule has 0 N–H and O–H groups in total. The summed E-state index contributed by atoms with van der Waals surface area (Å²) in [6.45, 7) is 4.75. The molecule has 1 heterocycles. The van der Waals surface area contributed by atoms with Crippen LogP contribution >= 0.6 is 11.3 Å². The Labute approximate surface area is 360 Å². The molecule has 11 aromatic rings. The number of rotatable bonds is 6. The van der Waals surface area contributed by atoms with Gasteiger partial charge in [-0.2, -0.15) is 0 Å². The van der Waals surface area contributed by atoms with Gasteiger partial charge in [-0.1, -0.05) is 184 Å². The molecule has 1 nitrogen and oxygen atoms in total. The molecule has 288 valence electrons. The Kier molecular flexibility index (Phi) is 8.13. The minimum Gasteiger partial charge on any atom is -0.310 e. The van der Waals surface area contributed by atoms with Crippen molar-refractivity contribution in [2.75, 3.05) is 4.90 Å². The van der Waals surface area contributed by atoms with Gasteiger partial charge in [-0.05, 0) is 109 Å². The van der Waals surface area contributed by atoms with E-state index in [1.807, 2.05) is 11.3 Å². The molecule has 0 fully saturated rings. The fourth-order valence-corrected chi connectivity index (χ4v) is 11.4. The summed E-state index contributed by atoms with van der Waals surface area (Å²) in [4.78, 5) is 2.52. The lowest BCUT2D eigenvalue weighted by Gasteiger charge is -2.31. The maximum atomic E-state index is 2.52. The summed E-state index contributed by atoms with van der Waals surface area (Å²) in [6.07, 6.45) is 0. The van der Waals surface area contributed by atoms with Gasteiger partial charge in [0.2, 0.25) is 0 Å². The van der Waals surface area contributed by atoms with Gasteiger partial charge in [0, 0.05) is 48.1 Å². The number of anilines is 3. The molecule has 0 bridgehead atoms. The van der Waals surface area contributed by atoms with Crippen molar-refractivity contribution in [1.29, 1.82) is 0 Å². The van der Waals surface area contributed by atoms with Crippen molar-refractivity contribution in [2.45, 2.75) is 19.3 Å². The lowest BCUT2D eigenvalue weighted by Crippen LogP contribution is -2.17. The Morgan fingerprint density at radius 3 is 1.84 bits per heavy atom. The summed E-state index contributed by atoms with van der Waals surface area (Å²) < 4.78 is 2.61. The molecule has 1 aliphatic rings. The predicted octanol–water partition coefficient (Wildman–Crippen LogP) is 17.1. The molecule has 61 heavy (non-hydrogen) atoms. The molecule has 0 amide bonds. The van der Waals surface area contributed by atoms with Crippen molar-refractivity contribution in [1.82, 2.24) is 0 Å². The molecule has 0 spiro atoms. The maximum absolute atomic E-state index is 2.52. The quantitative estimate of drug-likeness (QED) is 0.152. The molecule has 0 saturated heterocycles. The van der Waals surface area contributed by atoms with E-state index in [4.69, 9.17) is 0 Å². The second-order valence-electron chi connectivity index (χ2n) is 16.8. The monoisotopic (exact) mass is 795 g/mol. The fraction of sp³-hybridized carbons (Fsp3) is 0.0508. The highest BCUT2D eigenvalue weighted by Gasteiger charge is 2.36. The first-order valence-electron chi connectivity index (χ1n) is 21.2. The van der Waals surface area contributed by atoms with Crippen LogP contribution in [0, 0.1) is 0 Å². The normalized spacial score (nSPS) is 12.9. The Balaban J connectivity index is 1.18. The van der Waals surface area contributed by atoms with E-state index >= 15 is 0 Å². The second kappa shape index (κ2) is 13.9. The third-order valence-corrected chi connectivity index (χ3v) is 14.3. The first-order chi connectivity index (χ1) is 30.0. The second-order valence-corrected chi connectivity index (χ2v) is 17.9. The maximum Gasteiger partial charge on any atom is 0.0546 e. The van der Waals surface area contributed by atoms with Crippen molar-refractivity contribution in [3.05, 3.63) is 223 Å². The van der Waals surface area contributed by atoms with Crippen LogP contribution in [0.25, 0.3) is 86.2 Å². The zero-order valence-electron chi connectivity index (χ0n) is 34.1. The highest BCUT2D eigenvalue weighted by Crippen LogP contribution is 2.54. The molecule has 12 rings (SSSR count). The van der Waals surface area contributed by atoms with Gasteiger partial charge in [0.1, 0.15) is 0 Å². The van der Waals surface area contributed by atoms with E-state index in [2.05, 4.69) is 231 Å². The van der Waals surface area contributed by atoms with E-state index in [0.717, 1.165) is 17.1 Å². The van der Waals surface area contributed by atoms with Crippen LogP contribution in [0.4, 0.5) is 17.1 Å². The topological polar surface area (TPSA) is 3.24 Å². The molecule has 1 aliphatic carbocycles. The molecule has 0 atom stereocenters. The van der Waals surface area contributed by atoms with Crippen LogP contribution in [0.1, 0.15) is 25.0 Å². The van der Waals surface area contributed by atoms with E-state index < -0.39 is 0 Å². The van der Waals surface area contributed by atoms with Gasteiger partial charge in [-0.25, -0.2) is 0 Å². The fourth-order valence-electron chi connectivity index (χ4n) is 10.1. The number of hydrogen-bond donors (Lipinski definition) is 0. The SMILES string of the molecule is CC1(C)c2ccccc2-c2ccc(N(c3ccc(-c4ccccc4)cc3)c3cccc(-c4cccc5c4sc4ccccc45)c3-c3cc4ccccc4c4ccccc34)cc21. The summed E-state index contributed by atoms with van der Waals surface area (Å²) in [6, 6.07) is 78.8. The molecule has 2 heteroatoms. The van der Waals surface area contributed by atoms with Crippen LogP contribution in [-0.2, 0) is 5.41 Å². The van der Waals surface area contributed by atoms with Crippen molar-refractivity contribution in [2.24, 2.45) is 0 Å². The van der Waals surface area contributed by atoms with Gasteiger partial charge < -0.3 is 4.90 Å². The van der Waals surface area contributed by atoms with Crippen LogP contribution in [0.15, 0.2) is 212 Å². The van der Waals surface area contributed by atoms with Gasteiger partial charge >= 0.3 is 0 Å².